The first-order valence-corrected chi connectivity index (χ1v) is 10.2. The molecule has 0 spiro atoms. The Kier molecular flexibility index (Phi) is 5.78. The number of para-hydroxylation sites is 1. The summed E-state index contributed by atoms with van der Waals surface area (Å²) in [6.45, 7) is 7.03. The summed E-state index contributed by atoms with van der Waals surface area (Å²) < 4.78 is 16.1. The van der Waals surface area contributed by atoms with Crippen molar-refractivity contribution in [3.63, 3.8) is 0 Å². The Morgan fingerprint density at radius 2 is 1.66 bits per heavy atom. The molecule has 1 aliphatic heterocycles. The van der Waals surface area contributed by atoms with E-state index in [1.54, 1.807) is 6.07 Å². The summed E-state index contributed by atoms with van der Waals surface area (Å²) in [7, 11) is 0. The third kappa shape index (κ3) is 3.97. The van der Waals surface area contributed by atoms with Crippen LogP contribution in [0.15, 0.2) is 48.5 Å². The Labute approximate surface area is 174 Å². The lowest BCUT2D eigenvalue weighted by Crippen LogP contribution is -2.48. The molecule has 1 atom stereocenters. The van der Waals surface area contributed by atoms with Gasteiger partial charge in [-0.05, 0) is 48.0 Å². The molecule has 152 valence electrons. The summed E-state index contributed by atoms with van der Waals surface area (Å²) in [5.41, 5.74) is 1.62. The van der Waals surface area contributed by atoms with E-state index in [-0.39, 0.29) is 17.9 Å². The zero-order chi connectivity index (χ0) is 20.4. The summed E-state index contributed by atoms with van der Waals surface area (Å²) in [4.78, 5) is 4.41. The highest BCUT2D eigenvalue weighted by Crippen LogP contribution is 2.34. The number of rotatable bonds is 5. The fraction of sp³-hybridized carbons (Fsp3) is 0.381. The summed E-state index contributed by atoms with van der Waals surface area (Å²) in [6.07, 6.45) is 0. The molecule has 1 aromatic heterocycles. The second-order valence-electron chi connectivity index (χ2n) is 7.47. The summed E-state index contributed by atoms with van der Waals surface area (Å²) in [5, 5.41) is 13.1. The second-order valence-corrected chi connectivity index (χ2v) is 7.88. The molecule has 3 aromatic rings. The van der Waals surface area contributed by atoms with Crippen LogP contribution in [0.25, 0.3) is 0 Å². The van der Waals surface area contributed by atoms with E-state index in [0.717, 1.165) is 24.5 Å². The molecule has 6 nitrogen and oxygen atoms in total. The smallest absolute Gasteiger partial charge is 0.173 e. The minimum atomic E-state index is -0.188. The van der Waals surface area contributed by atoms with Gasteiger partial charge in [0, 0.05) is 31.2 Å². The highest BCUT2D eigenvalue weighted by molar-refractivity contribution is 6.31. The topological polar surface area (TPSA) is 50.1 Å². The van der Waals surface area contributed by atoms with Gasteiger partial charge >= 0.3 is 0 Å². The van der Waals surface area contributed by atoms with Gasteiger partial charge in [-0.3, -0.25) is 4.90 Å². The van der Waals surface area contributed by atoms with E-state index in [2.05, 4.69) is 39.2 Å². The molecule has 2 aromatic carbocycles. The van der Waals surface area contributed by atoms with Gasteiger partial charge < -0.3 is 4.90 Å². The minimum Gasteiger partial charge on any atom is -0.367 e. The lowest BCUT2D eigenvalue weighted by atomic mass is 10.0. The molecule has 0 amide bonds. The first kappa shape index (κ1) is 19.8. The van der Waals surface area contributed by atoms with Crippen molar-refractivity contribution < 1.29 is 4.39 Å². The van der Waals surface area contributed by atoms with E-state index in [1.165, 1.54) is 6.07 Å². The van der Waals surface area contributed by atoms with Crippen molar-refractivity contribution in [2.45, 2.75) is 25.9 Å². The molecule has 0 bridgehead atoms. The van der Waals surface area contributed by atoms with Crippen LogP contribution < -0.4 is 4.90 Å². The molecule has 1 fully saturated rings. The van der Waals surface area contributed by atoms with Crippen LogP contribution in [-0.4, -0.2) is 51.3 Å². The van der Waals surface area contributed by atoms with Crippen molar-refractivity contribution in [1.29, 1.82) is 0 Å². The Morgan fingerprint density at radius 1 is 0.966 bits per heavy atom. The van der Waals surface area contributed by atoms with Crippen LogP contribution in [0, 0.1) is 5.82 Å². The molecule has 1 saturated heterocycles. The van der Waals surface area contributed by atoms with Gasteiger partial charge in [0.25, 0.3) is 0 Å². The average molecular weight is 415 g/mol. The Hall–Kier alpha value is -2.51. The SMILES string of the molecule is CC(C)n1nnnc1C(c1ccccc1Cl)N1CCN(c2ccccc2F)CC1. The third-order valence-corrected chi connectivity index (χ3v) is 5.67. The van der Waals surface area contributed by atoms with Gasteiger partial charge in [0.1, 0.15) is 5.82 Å². The maximum atomic E-state index is 14.2. The molecule has 1 aliphatic rings. The lowest BCUT2D eigenvalue weighted by molar-refractivity contribution is 0.198. The largest absolute Gasteiger partial charge is 0.367 e. The highest BCUT2D eigenvalue weighted by atomic mass is 35.5. The first-order chi connectivity index (χ1) is 14.1. The van der Waals surface area contributed by atoms with Crippen molar-refractivity contribution in [3.05, 3.63) is 70.8 Å². The average Bonchev–Trinajstić information content (AvgIpc) is 3.20. The van der Waals surface area contributed by atoms with E-state index in [9.17, 15) is 4.39 Å². The van der Waals surface area contributed by atoms with Crippen molar-refractivity contribution in [2.75, 3.05) is 31.1 Å². The number of piperazine rings is 1. The molecule has 8 heteroatoms. The fourth-order valence-electron chi connectivity index (χ4n) is 3.87. The summed E-state index contributed by atoms with van der Waals surface area (Å²) in [6, 6.07) is 14.7. The maximum Gasteiger partial charge on any atom is 0.173 e. The number of hydrogen-bond acceptors (Lipinski definition) is 5. The molecule has 0 saturated carbocycles. The van der Waals surface area contributed by atoms with Crippen molar-refractivity contribution in [1.82, 2.24) is 25.1 Å². The quantitative estimate of drug-likeness (QED) is 0.632. The molecule has 0 N–H and O–H groups in total. The summed E-state index contributed by atoms with van der Waals surface area (Å²) >= 11 is 6.57. The monoisotopic (exact) mass is 414 g/mol. The first-order valence-electron chi connectivity index (χ1n) is 9.82. The van der Waals surface area contributed by atoms with Crippen LogP contribution >= 0.6 is 11.6 Å². The van der Waals surface area contributed by atoms with Crippen LogP contribution in [-0.2, 0) is 0 Å². The van der Waals surface area contributed by atoms with E-state index < -0.39 is 0 Å². The third-order valence-electron chi connectivity index (χ3n) is 5.32. The molecular formula is C21H24ClFN6. The Bertz CT molecular complexity index is 967. The van der Waals surface area contributed by atoms with Crippen molar-refractivity contribution >= 4 is 17.3 Å². The zero-order valence-electron chi connectivity index (χ0n) is 16.5. The van der Waals surface area contributed by atoms with E-state index in [4.69, 9.17) is 11.6 Å². The van der Waals surface area contributed by atoms with Crippen molar-refractivity contribution in [3.8, 4) is 0 Å². The predicted molar refractivity (Wildman–Crippen MR) is 112 cm³/mol. The minimum absolute atomic E-state index is 0.129. The Balaban J connectivity index is 1.64. The van der Waals surface area contributed by atoms with Crippen LogP contribution in [0.2, 0.25) is 5.02 Å². The van der Waals surface area contributed by atoms with Crippen LogP contribution in [0.1, 0.15) is 37.3 Å². The number of nitrogens with zero attached hydrogens (tertiary/aromatic N) is 6. The normalized spacial score (nSPS) is 16.4. The maximum absolute atomic E-state index is 14.2. The zero-order valence-corrected chi connectivity index (χ0v) is 17.3. The molecule has 1 unspecified atom stereocenters. The van der Waals surface area contributed by atoms with Gasteiger partial charge in [0.05, 0.1) is 17.8 Å². The van der Waals surface area contributed by atoms with E-state index in [0.29, 0.717) is 23.8 Å². The molecule has 2 heterocycles. The Morgan fingerprint density at radius 3 is 2.34 bits per heavy atom. The number of halogens is 2. The molecule has 0 radical (unpaired) electrons. The van der Waals surface area contributed by atoms with Crippen LogP contribution in [0.3, 0.4) is 0 Å². The van der Waals surface area contributed by atoms with Gasteiger partial charge in [0.15, 0.2) is 5.82 Å². The van der Waals surface area contributed by atoms with Gasteiger partial charge in [-0.25, -0.2) is 9.07 Å². The fourth-order valence-corrected chi connectivity index (χ4v) is 4.11. The number of anilines is 1. The molecule has 4 rings (SSSR count). The second kappa shape index (κ2) is 8.47. The number of tetrazole rings is 1. The predicted octanol–water partition coefficient (Wildman–Crippen LogP) is 3.96. The van der Waals surface area contributed by atoms with E-state index >= 15 is 0 Å². The molecule has 0 aliphatic carbocycles. The van der Waals surface area contributed by atoms with E-state index in [1.807, 2.05) is 41.1 Å². The molecular weight excluding hydrogens is 391 g/mol. The summed E-state index contributed by atoms with van der Waals surface area (Å²) in [5.74, 6) is 0.583. The van der Waals surface area contributed by atoms with Gasteiger partial charge in [-0.15, -0.1) is 5.10 Å². The van der Waals surface area contributed by atoms with Gasteiger partial charge in [0.2, 0.25) is 0 Å². The van der Waals surface area contributed by atoms with Gasteiger partial charge in [-0.2, -0.15) is 0 Å². The highest BCUT2D eigenvalue weighted by Gasteiger charge is 2.32. The van der Waals surface area contributed by atoms with Crippen LogP contribution in [0.5, 0.6) is 0 Å². The standard InChI is InChI=1S/C21H24ClFN6/c1-15(2)29-21(24-25-26-29)20(16-7-3-4-8-17(16)22)28-13-11-27(12-14-28)19-10-6-5-9-18(19)23/h3-10,15,20H,11-14H2,1-2H3. The van der Waals surface area contributed by atoms with Gasteiger partial charge in [-0.1, -0.05) is 41.9 Å². The molecule has 29 heavy (non-hydrogen) atoms. The van der Waals surface area contributed by atoms with Crippen molar-refractivity contribution in [2.24, 2.45) is 0 Å². The number of benzene rings is 2. The lowest BCUT2D eigenvalue weighted by Gasteiger charge is -2.40. The number of hydrogen-bond donors (Lipinski definition) is 0. The van der Waals surface area contributed by atoms with Crippen LogP contribution in [0.4, 0.5) is 10.1 Å². The number of aromatic nitrogens is 4.